The molecule has 1 rings (SSSR count). The van der Waals surface area contributed by atoms with Crippen LogP contribution in [-0.2, 0) is 4.74 Å². The van der Waals surface area contributed by atoms with Crippen molar-refractivity contribution in [1.82, 2.24) is 10.2 Å². The Bertz CT molecular complexity index is 187. The van der Waals surface area contributed by atoms with Crippen LogP contribution in [0.25, 0.3) is 0 Å². The highest BCUT2D eigenvalue weighted by atomic mass is 16.5. The van der Waals surface area contributed by atoms with Gasteiger partial charge in [-0.3, -0.25) is 0 Å². The molecule has 16 heavy (non-hydrogen) atoms. The van der Waals surface area contributed by atoms with Crippen LogP contribution in [0.4, 0.5) is 0 Å². The first-order chi connectivity index (χ1) is 7.62. The fourth-order valence-corrected chi connectivity index (χ4v) is 2.33. The molecular weight excluding hydrogens is 200 g/mol. The molecule has 96 valence electrons. The van der Waals surface area contributed by atoms with Gasteiger partial charge in [0.15, 0.2) is 0 Å². The molecular formula is C13H28N2O. The van der Waals surface area contributed by atoms with E-state index in [0.717, 1.165) is 26.1 Å². The molecule has 0 saturated heterocycles. The van der Waals surface area contributed by atoms with Gasteiger partial charge in [0, 0.05) is 19.7 Å². The second-order valence-corrected chi connectivity index (χ2v) is 5.20. The average Bonchev–Trinajstić information content (AvgIpc) is 2.22. The molecule has 3 nitrogen and oxygen atoms in total. The Morgan fingerprint density at radius 1 is 1.44 bits per heavy atom. The van der Waals surface area contributed by atoms with Crippen molar-refractivity contribution in [2.75, 3.05) is 33.8 Å². The fourth-order valence-electron chi connectivity index (χ4n) is 2.33. The third-order valence-electron chi connectivity index (χ3n) is 3.90. The summed E-state index contributed by atoms with van der Waals surface area (Å²) in [5, 5.41) is 3.58. The van der Waals surface area contributed by atoms with Crippen molar-refractivity contribution in [1.29, 1.82) is 0 Å². The number of nitrogens with zero attached hydrogens (tertiary/aromatic N) is 1. The van der Waals surface area contributed by atoms with Gasteiger partial charge < -0.3 is 15.0 Å². The Hall–Kier alpha value is -0.120. The molecule has 0 bridgehead atoms. The predicted octanol–water partition coefficient (Wildman–Crippen LogP) is 1.88. The highest BCUT2D eigenvalue weighted by molar-refractivity contribution is 4.90. The quantitative estimate of drug-likeness (QED) is 0.686. The Labute approximate surface area is 101 Å². The molecule has 0 heterocycles. The molecule has 0 aromatic carbocycles. The molecule has 3 heteroatoms. The molecule has 1 aliphatic rings. The normalized spacial score (nSPS) is 20.8. The standard InChI is InChI=1S/C13H28N2O/c1-5-15(3)11-12(2)14-10-9-13(16-4)7-6-8-13/h12,14H,5-11H2,1-4H3. The van der Waals surface area contributed by atoms with Crippen LogP contribution in [0.5, 0.6) is 0 Å². The highest BCUT2D eigenvalue weighted by Gasteiger charge is 2.36. The number of nitrogens with one attached hydrogen (secondary N) is 1. The summed E-state index contributed by atoms with van der Waals surface area (Å²) in [4.78, 5) is 2.34. The van der Waals surface area contributed by atoms with Crippen LogP contribution in [-0.4, -0.2) is 50.3 Å². The van der Waals surface area contributed by atoms with Gasteiger partial charge in [-0.05, 0) is 52.7 Å². The summed E-state index contributed by atoms with van der Waals surface area (Å²) >= 11 is 0. The summed E-state index contributed by atoms with van der Waals surface area (Å²) in [5.41, 5.74) is 0.212. The van der Waals surface area contributed by atoms with E-state index in [1.807, 2.05) is 7.11 Å². The van der Waals surface area contributed by atoms with E-state index in [2.05, 4.69) is 31.1 Å². The molecule has 0 aliphatic heterocycles. The van der Waals surface area contributed by atoms with Crippen molar-refractivity contribution >= 4 is 0 Å². The van der Waals surface area contributed by atoms with Gasteiger partial charge in [0.25, 0.3) is 0 Å². The van der Waals surface area contributed by atoms with E-state index >= 15 is 0 Å². The lowest BCUT2D eigenvalue weighted by atomic mass is 9.77. The zero-order valence-corrected chi connectivity index (χ0v) is 11.4. The zero-order valence-electron chi connectivity index (χ0n) is 11.4. The van der Waals surface area contributed by atoms with Crippen LogP contribution in [0.2, 0.25) is 0 Å². The van der Waals surface area contributed by atoms with Crippen LogP contribution in [0.15, 0.2) is 0 Å². The lowest BCUT2D eigenvalue weighted by Gasteiger charge is -2.41. The maximum Gasteiger partial charge on any atom is 0.0690 e. The minimum atomic E-state index is 0.212. The van der Waals surface area contributed by atoms with E-state index in [0.29, 0.717) is 6.04 Å². The number of hydrogen-bond acceptors (Lipinski definition) is 3. The van der Waals surface area contributed by atoms with Gasteiger partial charge in [-0.1, -0.05) is 6.92 Å². The van der Waals surface area contributed by atoms with Crippen molar-refractivity contribution in [3.63, 3.8) is 0 Å². The first-order valence-corrected chi connectivity index (χ1v) is 6.59. The van der Waals surface area contributed by atoms with Crippen molar-refractivity contribution in [3.05, 3.63) is 0 Å². The Kier molecular flexibility index (Phi) is 5.73. The van der Waals surface area contributed by atoms with E-state index in [9.17, 15) is 0 Å². The van der Waals surface area contributed by atoms with Crippen LogP contribution in [0.1, 0.15) is 39.5 Å². The number of hydrogen-bond donors (Lipinski definition) is 1. The second kappa shape index (κ2) is 6.58. The molecule has 1 unspecified atom stereocenters. The van der Waals surface area contributed by atoms with E-state index < -0.39 is 0 Å². The van der Waals surface area contributed by atoms with Gasteiger partial charge in [0.1, 0.15) is 0 Å². The molecule has 0 spiro atoms. The summed E-state index contributed by atoms with van der Waals surface area (Å²) < 4.78 is 5.61. The van der Waals surface area contributed by atoms with Gasteiger partial charge in [-0.15, -0.1) is 0 Å². The molecule has 0 radical (unpaired) electrons. The summed E-state index contributed by atoms with van der Waals surface area (Å²) in [7, 11) is 4.02. The number of methoxy groups -OCH3 is 1. The smallest absolute Gasteiger partial charge is 0.0690 e. The number of ether oxygens (including phenoxy) is 1. The molecule has 0 amide bonds. The van der Waals surface area contributed by atoms with Crippen LogP contribution < -0.4 is 5.32 Å². The fraction of sp³-hybridized carbons (Fsp3) is 1.00. The second-order valence-electron chi connectivity index (χ2n) is 5.20. The minimum absolute atomic E-state index is 0.212. The zero-order chi connectivity index (χ0) is 12.0. The third kappa shape index (κ3) is 4.04. The van der Waals surface area contributed by atoms with Gasteiger partial charge in [0.2, 0.25) is 0 Å². The molecule has 0 aromatic heterocycles. The summed E-state index contributed by atoms with van der Waals surface area (Å²) in [6, 6.07) is 0.568. The predicted molar refractivity (Wildman–Crippen MR) is 68.8 cm³/mol. The summed E-state index contributed by atoms with van der Waals surface area (Å²) in [6.07, 6.45) is 4.98. The Morgan fingerprint density at radius 2 is 2.12 bits per heavy atom. The van der Waals surface area contributed by atoms with Crippen molar-refractivity contribution in [2.45, 2.75) is 51.2 Å². The lowest BCUT2D eigenvalue weighted by Crippen LogP contribution is -2.44. The van der Waals surface area contributed by atoms with Crippen molar-refractivity contribution in [2.24, 2.45) is 0 Å². The highest BCUT2D eigenvalue weighted by Crippen LogP contribution is 2.37. The topological polar surface area (TPSA) is 24.5 Å². The van der Waals surface area contributed by atoms with E-state index in [1.54, 1.807) is 0 Å². The third-order valence-corrected chi connectivity index (χ3v) is 3.90. The van der Waals surface area contributed by atoms with Crippen molar-refractivity contribution in [3.8, 4) is 0 Å². The average molecular weight is 228 g/mol. The van der Waals surface area contributed by atoms with Gasteiger partial charge in [0.05, 0.1) is 5.60 Å². The molecule has 0 aromatic rings. The SMILES string of the molecule is CCN(C)CC(C)NCCC1(OC)CCC1. The molecule has 1 atom stereocenters. The van der Waals surface area contributed by atoms with Gasteiger partial charge in [-0.25, -0.2) is 0 Å². The maximum atomic E-state index is 5.61. The van der Waals surface area contributed by atoms with Crippen LogP contribution in [0, 0.1) is 0 Å². The molecule has 1 saturated carbocycles. The van der Waals surface area contributed by atoms with Crippen LogP contribution in [0.3, 0.4) is 0 Å². The monoisotopic (exact) mass is 228 g/mol. The molecule has 1 N–H and O–H groups in total. The first-order valence-electron chi connectivity index (χ1n) is 6.59. The largest absolute Gasteiger partial charge is 0.378 e. The lowest BCUT2D eigenvalue weighted by molar-refractivity contribution is -0.0770. The summed E-state index contributed by atoms with van der Waals surface area (Å²) in [6.45, 7) is 7.77. The number of rotatable bonds is 8. The molecule has 1 fully saturated rings. The summed E-state index contributed by atoms with van der Waals surface area (Å²) in [5.74, 6) is 0. The maximum absolute atomic E-state index is 5.61. The number of likely N-dealkylation sites (N-methyl/N-ethyl adjacent to an activating group) is 1. The van der Waals surface area contributed by atoms with E-state index in [-0.39, 0.29) is 5.60 Å². The molecule has 1 aliphatic carbocycles. The van der Waals surface area contributed by atoms with E-state index in [4.69, 9.17) is 4.74 Å². The first kappa shape index (κ1) is 13.9. The minimum Gasteiger partial charge on any atom is -0.378 e. The van der Waals surface area contributed by atoms with Crippen LogP contribution >= 0.6 is 0 Å². The Morgan fingerprint density at radius 3 is 2.56 bits per heavy atom. The van der Waals surface area contributed by atoms with E-state index in [1.165, 1.54) is 19.3 Å². The van der Waals surface area contributed by atoms with Gasteiger partial charge >= 0.3 is 0 Å². The Balaban J connectivity index is 2.10. The van der Waals surface area contributed by atoms with Gasteiger partial charge in [-0.2, -0.15) is 0 Å². The van der Waals surface area contributed by atoms with Crippen molar-refractivity contribution < 1.29 is 4.74 Å².